The number of alkyl halides is 1. The van der Waals surface area contributed by atoms with Crippen molar-refractivity contribution in [3.63, 3.8) is 0 Å². The molecule has 2 aromatic rings. The van der Waals surface area contributed by atoms with Crippen molar-refractivity contribution in [2.75, 3.05) is 0 Å². The Labute approximate surface area is 129 Å². The smallest absolute Gasteiger partial charge is 0.142 e. The molecule has 0 aliphatic rings. The quantitative estimate of drug-likeness (QED) is 0.480. The first kappa shape index (κ1) is 15.5. The number of benzene rings is 2. The van der Waals surface area contributed by atoms with Crippen molar-refractivity contribution < 1.29 is 13.2 Å². The molecule has 2 aromatic carbocycles. The number of hydrogen-bond acceptors (Lipinski definition) is 0. The van der Waals surface area contributed by atoms with Gasteiger partial charge in [0.25, 0.3) is 0 Å². The van der Waals surface area contributed by atoms with Gasteiger partial charge in [0.15, 0.2) is 0 Å². The fourth-order valence-electron chi connectivity index (χ4n) is 1.79. The maximum atomic E-state index is 13.7. The first-order valence-corrected chi connectivity index (χ1v) is 6.80. The molecule has 0 amide bonds. The summed E-state index contributed by atoms with van der Waals surface area (Å²) in [6, 6.07) is 5.92. The van der Waals surface area contributed by atoms with E-state index >= 15 is 0 Å². The van der Waals surface area contributed by atoms with Crippen molar-refractivity contribution in [3.05, 3.63) is 69.0 Å². The molecular formula is C14H8Cl3F3. The molecule has 0 saturated carbocycles. The minimum absolute atomic E-state index is 0.0644. The van der Waals surface area contributed by atoms with Gasteiger partial charge in [-0.25, -0.2) is 13.2 Å². The van der Waals surface area contributed by atoms with Gasteiger partial charge in [0.2, 0.25) is 0 Å². The fraction of sp³-hybridized carbons (Fsp3) is 0.143. The van der Waals surface area contributed by atoms with E-state index in [1.807, 2.05) is 0 Å². The molecule has 0 N–H and O–H groups in total. The predicted molar refractivity (Wildman–Crippen MR) is 75.1 cm³/mol. The number of hydrogen-bond donors (Lipinski definition) is 0. The van der Waals surface area contributed by atoms with Crippen molar-refractivity contribution in [3.8, 4) is 0 Å². The highest BCUT2D eigenvalue weighted by molar-refractivity contribution is 6.31. The lowest BCUT2D eigenvalue weighted by atomic mass is 10.0. The Kier molecular flexibility index (Phi) is 4.84. The molecule has 0 nitrogen and oxygen atoms in total. The Hall–Kier alpha value is -0.900. The molecule has 20 heavy (non-hydrogen) atoms. The normalized spacial score (nSPS) is 12.5. The Morgan fingerprint density at radius 2 is 1.60 bits per heavy atom. The fourth-order valence-corrected chi connectivity index (χ4v) is 2.51. The SMILES string of the molecule is Fc1cc(C(Cl)Cc2c(F)cccc2Cl)c(F)cc1Cl. The summed E-state index contributed by atoms with van der Waals surface area (Å²) >= 11 is 17.4. The first-order chi connectivity index (χ1) is 9.40. The van der Waals surface area contributed by atoms with Crippen molar-refractivity contribution in [1.82, 2.24) is 0 Å². The van der Waals surface area contributed by atoms with Crippen LogP contribution in [0, 0.1) is 17.5 Å². The van der Waals surface area contributed by atoms with E-state index in [2.05, 4.69) is 0 Å². The lowest BCUT2D eigenvalue weighted by molar-refractivity contribution is 0.576. The van der Waals surface area contributed by atoms with E-state index < -0.39 is 22.8 Å². The van der Waals surface area contributed by atoms with Crippen molar-refractivity contribution in [2.24, 2.45) is 0 Å². The summed E-state index contributed by atoms with van der Waals surface area (Å²) in [5, 5.41) is -1.11. The summed E-state index contributed by atoms with van der Waals surface area (Å²) in [4.78, 5) is 0. The minimum Gasteiger partial charge on any atom is -0.207 e. The van der Waals surface area contributed by atoms with Gasteiger partial charge in [-0.1, -0.05) is 29.3 Å². The van der Waals surface area contributed by atoms with E-state index in [0.717, 1.165) is 12.1 Å². The van der Waals surface area contributed by atoms with Gasteiger partial charge < -0.3 is 0 Å². The van der Waals surface area contributed by atoms with Crippen molar-refractivity contribution in [1.29, 1.82) is 0 Å². The van der Waals surface area contributed by atoms with E-state index in [1.54, 1.807) is 0 Å². The van der Waals surface area contributed by atoms with Crippen LogP contribution in [0.5, 0.6) is 0 Å². The molecule has 0 aliphatic heterocycles. The molecule has 0 aromatic heterocycles. The van der Waals surface area contributed by atoms with Gasteiger partial charge in [0, 0.05) is 16.1 Å². The van der Waals surface area contributed by atoms with Crippen LogP contribution in [0.3, 0.4) is 0 Å². The first-order valence-electron chi connectivity index (χ1n) is 5.61. The van der Waals surface area contributed by atoms with Gasteiger partial charge in [-0.15, -0.1) is 11.6 Å². The molecule has 2 rings (SSSR count). The molecule has 1 unspecified atom stereocenters. The second-order valence-corrected chi connectivity index (χ2v) is 5.50. The van der Waals surface area contributed by atoms with Crippen LogP contribution in [0.1, 0.15) is 16.5 Å². The van der Waals surface area contributed by atoms with E-state index in [1.165, 1.54) is 18.2 Å². The zero-order valence-corrected chi connectivity index (χ0v) is 12.2. The van der Waals surface area contributed by atoms with Crippen molar-refractivity contribution >= 4 is 34.8 Å². The van der Waals surface area contributed by atoms with E-state index in [4.69, 9.17) is 34.8 Å². The molecule has 6 heteroatoms. The number of halogens is 6. The van der Waals surface area contributed by atoms with Gasteiger partial charge in [0.1, 0.15) is 17.5 Å². The molecule has 0 aliphatic carbocycles. The average Bonchev–Trinajstić information content (AvgIpc) is 2.38. The van der Waals surface area contributed by atoms with Crippen LogP contribution in [0.2, 0.25) is 10.0 Å². The van der Waals surface area contributed by atoms with Gasteiger partial charge in [-0.3, -0.25) is 0 Å². The third-order valence-corrected chi connectivity index (χ3v) is 3.86. The molecule has 0 heterocycles. The summed E-state index contributed by atoms with van der Waals surface area (Å²) in [5.41, 5.74) is 0.0665. The van der Waals surface area contributed by atoms with E-state index in [0.29, 0.717) is 0 Å². The zero-order valence-electron chi connectivity index (χ0n) is 9.94. The zero-order chi connectivity index (χ0) is 14.9. The highest BCUT2D eigenvalue weighted by atomic mass is 35.5. The second-order valence-electron chi connectivity index (χ2n) is 4.16. The Morgan fingerprint density at radius 3 is 2.25 bits per heavy atom. The summed E-state index contributed by atoms with van der Waals surface area (Å²) in [7, 11) is 0. The van der Waals surface area contributed by atoms with Gasteiger partial charge in [-0.2, -0.15) is 0 Å². The molecule has 1 atom stereocenters. The lowest BCUT2D eigenvalue weighted by Crippen LogP contribution is -2.03. The molecule has 106 valence electrons. The largest absolute Gasteiger partial charge is 0.207 e. The van der Waals surface area contributed by atoms with Gasteiger partial charge in [0.05, 0.1) is 10.4 Å². The molecule has 0 saturated heterocycles. The summed E-state index contributed by atoms with van der Waals surface area (Å²) in [6.07, 6.45) is -0.0644. The summed E-state index contributed by atoms with van der Waals surface area (Å²) < 4.78 is 40.7. The Bertz CT molecular complexity index is 624. The van der Waals surface area contributed by atoms with Crippen LogP contribution >= 0.6 is 34.8 Å². The predicted octanol–water partition coefficient (Wildman–Crippen LogP) is 5.93. The van der Waals surface area contributed by atoms with E-state index in [-0.39, 0.29) is 27.6 Å². The Morgan fingerprint density at radius 1 is 0.900 bits per heavy atom. The highest BCUT2D eigenvalue weighted by Gasteiger charge is 2.19. The molecule has 0 spiro atoms. The van der Waals surface area contributed by atoms with Crippen LogP contribution in [0.4, 0.5) is 13.2 Å². The summed E-state index contributed by atoms with van der Waals surface area (Å²) in [5.74, 6) is -2.07. The Balaban J connectivity index is 2.33. The third kappa shape index (κ3) is 3.22. The van der Waals surface area contributed by atoms with Crippen LogP contribution in [-0.4, -0.2) is 0 Å². The average molecular weight is 340 g/mol. The molecule has 0 fully saturated rings. The maximum absolute atomic E-state index is 13.7. The van der Waals surface area contributed by atoms with Crippen LogP contribution in [0.15, 0.2) is 30.3 Å². The second kappa shape index (κ2) is 6.25. The van der Waals surface area contributed by atoms with E-state index in [9.17, 15) is 13.2 Å². The standard InChI is InChI=1S/C14H8Cl3F3/c15-9-2-1-3-12(18)7(9)4-10(16)8-5-14(20)11(17)6-13(8)19/h1-3,5-6,10H,4H2. The van der Waals surface area contributed by atoms with Crippen LogP contribution in [-0.2, 0) is 6.42 Å². The lowest BCUT2D eigenvalue weighted by Gasteiger charge is -2.13. The number of rotatable bonds is 3. The summed E-state index contributed by atoms with van der Waals surface area (Å²) in [6.45, 7) is 0. The van der Waals surface area contributed by atoms with Crippen LogP contribution < -0.4 is 0 Å². The minimum atomic E-state index is -0.962. The highest BCUT2D eigenvalue weighted by Crippen LogP contribution is 2.33. The topological polar surface area (TPSA) is 0 Å². The monoisotopic (exact) mass is 338 g/mol. The van der Waals surface area contributed by atoms with Gasteiger partial charge >= 0.3 is 0 Å². The van der Waals surface area contributed by atoms with Crippen LogP contribution in [0.25, 0.3) is 0 Å². The molecular weight excluding hydrogens is 332 g/mol. The molecule has 0 radical (unpaired) electrons. The third-order valence-electron chi connectivity index (χ3n) is 2.82. The van der Waals surface area contributed by atoms with Gasteiger partial charge in [-0.05, 0) is 30.7 Å². The van der Waals surface area contributed by atoms with Crippen molar-refractivity contribution in [2.45, 2.75) is 11.8 Å². The maximum Gasteiger partial charge on any atom is 0.142 e. The molecule has 0 bridgehead atoms.